The van der Waals surface area contributed by atoms with Gasteiger partial charge in [0.2, 0.25) is 0 Å². The highest BCUT2D eigenvalue weighted by molar-refractivity contribution is 7.91. The van der Waals surface area contributed by atoms with Crippen LogP contribution in [-0.2, 0) is 9.84 Å². The number of sulfone groups is 1. The molecule has 2 amide bonds. The summed E-state index contributed by atoms with van der Waals surface area (Å²) in [4.78, 5) is 13.4. The summed E-state index contributed by atoms with van der Waals surface area (Å²) in [6, 6.07) is -0.631. The Kier molecular flexibility index (Phi) is 5.48. The van der Waals surface area contributed by atoms with Crippen LogP contribution in [0.3, 0.4) is 0 Å². The van der Waals surface area contributed by atoms with Gasteiger partial charge in [-0.25, -0.2) is 13.2 Å². The molecule has 1 saturated heterocycles. The zero-order valence-corrected chi connectivity index (χ0v) is 13.9. The number of nitrogens with one attached hydrogen (secondary N) is 1. The minimum absolute atomic E-state index is 0.0623. The number of carbonyl (C=O) groups excluding carboxylic acids is 1. The topological polar surface area (TPSA) is 66.5 Å². The first-order valence-corrected chi connectivity index (χ1v) is 9.84. The molecule has 2 fully saturated rings. The van der Waals surface area contributed by atoms with Crippen LogP contribution in [0.1, 0.15) is 38.5 Å². The fourth-order valence-corrected chi connectivity index (χ4v) is 4.46. The Morgan fingerprint density at radius 3 is 2.26 bits per heavy atom. The first kappa shape index (κ1) is 18.4. The first-order valence-electron chi connectivity index (χ1n) is 7.88. The van der Waals surface area contributed by atoms with E-state index in [9.17, 15) is 26.4 Å². The number of urea groups is 1. The van der Waals surface area contributed by atoms with E-state index in [-0.39, 0.29) is 24.3 Å². The van der Waals surface area contributed by atoms with E-state index >= 15 is 0 Å². The summed E-state index contributed by atoms with van der Waals surface area (Å²) in [6.45, 7) is 0.0329. The molecule has 2 rings (SSSR count). The number of hydrogen-bond acceptors (Lipinski definition) is 3. The molecule has 1 unspecified atom stereocenters. The molecule has 1 aliphatic heterocycles. The highest BCUT2D eigenvalue weighted by Gasteiger charge is 2.43. The van der Waals surface area contributed by atoms with Gasteiger partial charge in [0, 0.05) is 25.4 Å². The summed E-state index contributed by atoms with van der Waals surface area (Å²) in [6.07, 6.45) is -0.608. The molecule has 0 aromatic rings. The third-order valence-electron chi connectivity index (χ3n) is 4.78. The van der Waals surface area contributed by atoms with E-state index in [1.165, 1.54) is 11.2 Å². The molecule has 1 saturated carbocycles. The fraction of sp³-hybridized carbons (Fsp3) is 0.929. The van der Waals surface area contributed by atoms with Crippen LogP contribution in [0.4, 0.5) is 18.0 Å². The number of piperidine rings is 1. The van der Waals surface area contributed by atoms with E-state index in [4.69, 9.17) is 0 Å². The van der Waals surface area contributed by atoms with Gasteiger partial charge in [-0.15, -0.1) is 0 Å². The second kappa shape index (κ2) is 6.86. The number of carbonyl (C=O) groups is 1. The van der Waals surface area contributed by atoms with Crippen molar-refractivity contribution in [1.82, 2.24) is 10.2 Å². The molecular weight excluding hydrogens is 333 g/mol. The Labute approximate surface area is 134 Å². The van der Waals surface area contributed by atoms with Crippen molar-refractivity contribution in [2.24, 2.45) is 5.92 Å². The first-order chi connectivity index (χ1) is 10.6. The summed E-state index contributed by atoms with van der Waals surface area (Å²) < 4.78 is 61.3. The van der Waals surface area contributed by atoms with Crippen molar-refractivity contribution in [3.8, 4) is 0 Å². The lowest BCUT2D eigenvalue weighted by molar-refractivity contribution is -0.184. The fourth-order valence-electron chi connectivity index (χ4n) is 3.33. The van der Waals surface area contributed by atoms with E-state index in [0.29, 0.717) is 38.6 Å². The Morgan fingerprint density at radius 1 is 1.13 bits per heavy atom. The highest BCUT2D eigenvalue weighted by Crippen LogP contribution is 2.33. The summed E-state index contributed by atoms with van der Waals surface area (Å²) in [5, 5.41) is 2.38. The maximum atomic E-state index is 12.8. The molecule has 1 aliphatic carbocycles. The molecule has 0 spiro atoms. The van der Waals surface area contributed by atoms with Gasteiger partial charge in [-0.05, 0) is 38.5 Å². The normalized spacial score (nSPS) is 30.1. The van der Waals surface area contributed by atoms with Crippen molar-refractivity contribution in [3.05, 3.63) is 0 Å². The number of hydrogen-bond donors (Lipinski definition) is 1. The van der Waals surface area contributed by atoms with Crippen LogP contribution in [0, 0.1) is 5.92 Å². The average Bonchev–Trinajstić information content (AvgIpc) is 2.46. The van der Waals surface area contributed by atoms with E-state index < -0.39 is 28.0 Å². The second-order valence-corrected chi connectivity index (χ2v) is 8.91. The van der Waals surface area contributed by atoms with Crippen molar-refractivity contribution in [1.29, 1.82) is 0 Å². The van der Waals surface area contributed by atoms with Crippen LogP contribution in [0.15, 0.2) is 0 Å². The molecule has 1 heterocycles. The number of rotatable bonds is 2. The van der Waals surface area contributed by atoms with Gasteiger partial charge in [0.1, 0.15) is 9.84 Å². The van der Waals surface area contributed by atoms with Crippen molar-refractivity contribution in [2.45, 2.75) is 56.0 Å². The summed E-state index contributed by atoms with van der Waals surface area (Å²) in [5.41, 5.74) is 0. The number of likely N-dealkylation sites (tertiary alicyclic amines) is 1. The second-order valence-electron chi connectivity index (χ2n) is 6.58. The maximum Gasteiger partial charge on any atom is 0.393 e. The molecule has 2 aliphatic rings. The number of halogens is 3. The van der Waals surface area contributed by atoms with Crippen LogP contribution in [0.25, 0.3) is 0 Å². The lowest BCUT2D eigenvalue weighted by Gasteiger charge is -2.35. The summed E-state index contributed by atoms with van der Waals surface area (Å²) >= 11 is 0. The quantitative estimate of drug-likeness (QED) is 0.826. The lowest BCUT2D eigenvalue weighted by atomic mass is 9.95. The van der Waals surface area contributed by atoms with Gasteiger partial charge >= 0.3 is 12.2 Å². The predicted octanol–water partition coefficient (Wildman–Crippen LogP) is 2.33. The van der Waals surface area contributed by atoms with Crippen LogP contribution < -0.4 is 5.32 Å². The smallest absolute Gasteiger partial charge is 0.335 e. The van der Waals surface area contributed by atoms with E-state index in [1.54, 1.807) is 0 Å². The number of nitrogens with zero attached hydrogens (tertiary/aromatic N) is 1. The SMILES string of the molecule is CS(=O)(=O)C1CCC(NC(=O)N2CCCC(C(F)(F)F)C2)CC1. The summed E-state index contributed by atoms with van der Waals surface area (Å²) in [5.74, 6) is -1.46. The zero-order chi connectivity index (χ0) is 17.3. The van der Waals surface area contributed by atoms with Gasteiger partial charge in [-0.1, -0.05) is 0 Å². The number of amides is 2. The van der Waals surface area contributed by atoms with E-state index in [1.807, 2.05) is 0 Å². The Morgan fingerprint density at radius 2 is 1.74 bits per heavy atom. The molecule has 1 N–H and O–H groups in total. The Hall–Kier alpha value is -0.990. The molecule has 1 atom stereocenters. The molecule has 0 radical (unpaired) electrons. The number of alkyl halides is 3. The molecule has 9 heteroatoms. The molecule has 134 valence electrons. The Bertz CT molecular complexity index is 528. The molecule has 23 heavy (non-hydrogen) atoms. The van der Waals surface area contributed by atoms with Crippen molar-refractivity contribution in [3.63, 3.8) is 0 Å². The van der Waals surface area contributed by atoms with Gasteiger partial charge in [-0.2, -0.15) is 13.2 Å². The average molecular weight is 356 g/mol. The largest absolute Gasteiger partial charge is 0.393 e. The standard InChI is InChI=1S/C14H23F3N2O3S/c1-23(21,22)12-6-4-11(5-7-12)18-13(20)19-8-2-3-10(9-19)14(15,16)17/h10-12H,2-9H2,1H3,(H,18,20). The highest BCUT2D eigenvalue weighted by atomic mass is 32.2. The van der Waals surface area contributed by atoms with E-state index in [0.717, 1.165) is 0 Å². The molecule has 0 aromatic carbocycles. The lowest BCUT2D eigenvalue weighted by Crippen LogP contribution is -2.51. The molecule has 5 nitrogen and oxygen atoms in total. The molecular formula is C14H23F3N2O3S. The maximum absolute atomic E-state index is 12.8. The van der Waals surface area contributed by atoms with Crippen LogP contribution in [0.5, 0.6) is 0 Å². The third-order valence-corrected chi connectivity index (χ3v) is 6.46. The van der Waals surface area contributed by atoms with Crippen molar-refractivity contribution in [2.75, 3.05) is 19.3 Å². The van der Waals surface area contributed by atoms with Gasteiger partial charge in [0.25, 0.3) is 0 Å². The third kappa shape index (κ3) is 4.99. The summed E-state index contributed by atoms with van der Waals surface area (Å²) in [7, 11) is -3.07. The Balaban J connectivity index is 1.83. The minimum Gasteiger partial charge on any atom is -0.335 e. The van der Waals surface area contributed by atoms with Crippen LogP contribution in [0.2, 0.25) is 0 Å². The zero-order valence-electron chi connectivity index (χ0n) is 13.1. The van der Waals surface area contributed by atoms with Gasteiger partial charge in [0.15, 0.2) is 0 Å². The van der Waals surface area contributed by atoms with Gasteiger partial charge in [0.05, 0.1) is 11.2 Å². The monoisotopic (exact) mass is 356 g/mol. The predicted molar refractivity (Wildman–Crippen MR) is 79.8 cm³/mol. The molecule has 0 aromatic heterocycles. The van der Waals surface area contributed by atoms with Crippen LogP contribution in [-0.4, -0.2) is 56.2 Å². The van der Waals surface area contributed by atoms with Crippen LogP contribution >= 0.6 is 0 Å². The van der Waals surface area contributed by atoms with Gasteiger partial charge in [-0.3, -0.25) is 0 Å². The molecule has 0 bridgehead atoms. The van der Waals surface area contributed by atoms with Crippen molar-refractivity contribution < 1.29 is 26.4 Å². The van der Waals surface area contributed by atoms with Gasteiger partial charge < -0.3 is 10.2 Å². The van der Waals surface area contributed by atoms with E-state index in [2.05, 4.69) is 5.32 Å². The minimum atomic E-state index is -4.27. The van der Waals surface area contributed by atoms with Crippen molar-refractivity contribution >= 4 is 15.9 Å².